The van der Waals surface area contributed by atoms with Crippen LogP contribution in [-0.4, -0.2) is 332 Å². The van der Waals surface area contributed by atoms with Crippen molar-refractivity contribution in [1.82, 2.24) is 53.9 Å². The SMILES string of the molecule is CC(C)C1CN(C)CO1.CC1CN(C)CO1.CCC1CN(C)CO1.CN1CCCC1.CN1CCCC1.CN1CCCCCOC1.CN1CCCCOC1.CN1CCCCSC1.CN1CCCOC1.CN1CCCSC1.CN1COCOC1. The number of thioether (sulfide) groups is 2. The van der Waals surface area contributed by atoms with Gasteiger partial charge in [0.1, 0.15) is 20.3 Å². The maximum atomic E-state index is 5.45. The number of hydrogen-bond donors (Lipinski definition) is 0. The summed E-state index contributed by atoms with van der Waals surface area (Å²) >= 11 is 4.08. The molecule has 0 saturated carbocycles. The minimum atomic E-state index is 0.449. The Labute approximate surface area is 514 Å². The second-order valence-electron chi connectivity index (χ2n) is 24.6. The predicted octanol–water partition coefficient (Wildman–Crippen LogP) is 7.64. The summed E-state index contributed by atoms with van der Waals surface area (Å²) in [5.41, 5.74) is 0. The van der Waals surface area contributed by atoms with Gasteiger partial charge in [0.15, 0.2) is 0 Å². The van der Waals surface area contributed by atoms with Gasteiger partial charge in [-0.05, 0) is 238 Å². The second kappa shape index (κ2) is 55.0. The van der Waals surface area contributed by atoms with Crippen molar-refractivity contribution in [2.45, 2.75) is 136 Å². The van der Waals surface area contributed by atoms with Gasteiger partial charge in [-0.25, -0.2) is 0 Å². The fourth-order valence-corrected chi connectivity index (χ4v) is 11.1. The molecule has 0 radical (unpaired) electrons. The first-order valence-corrected chi connectivity index (χ1v) is 34.2. The zero-order chi connectivity index (χ0) is 60.4. The Morgan fingerprint density at radius 3 is 1.09 bits per heavy atom. The largest absolute Gasteiger partial charge is 0.366 e. The molecule has 11 fully saturated rings. The quantitative estimate of drug-likeness (QED) is 0.270. The van der Waals surface area contributed by atoms with Gasteiger partial charge in [0.05, 0.1) is 58.7 Å². The topological polar surface area (TPSA) is 109 Å². The zero-order valence-electron chi connectivity index (χ0n) is 56.0. The van der Waals surface area contributed by atoms with Gasteiger partial charge >= 0.3 is 0 Å². The van der Waals surface area contributed by atoms with Crippen molar-refractivity contribution in [2.24, 2.45) is 5.92 Å². The highest BCUT2D eigenvalue weighted by atomic mass is 32.2. The van der Waals surface area contributed by atoms with Crippen molar-refractivity contribution < 1.29 is 37.9 Å². The minimum absolute atomic E-state index is 0.449. The number of nitrogens with zero attached hydrogens (tertiary/aromatic N) is 11. The van der Waals surface area contributed by atoms with Crippen LogP contribution in [0.5, 0.6) is 0 Å². The first-order valence-electron chi connectivity index (χ1n) is 31.9. The summed E-state index contributed by atoms with van der Waals surface area (Å²) in [6.07, 6.45) is 20.0. The Kier molecular flexibility index (Phi) is 53.7. The number of hydrogen-bond acceptors (Lipinski definition) is 21. The van der Waals surface area contributed by atoms with Gasteiger partial charge in [-0.1, -0.05) is 20.8 Å². The molecule has 492 valence electrons. The average Bonchev–Trinajstić information content (AvgIpc) is 4.33. The lowest BCUT2D eigenvalue weighted by Crippen LogP contribution is -2.30. The molecule has 0 aliphatic carbocycles. The third-order valence-electron chi connectivity index (χ3n) is 14.5. The second-order valence-corrected chi connectivity index (χ2v) is 26.7. The molecule has 21 heteroatoms. The van der Waals surface area contributed by atoms with Gasteiger partial charge in [0, 0.05) is 64.3 Å². The van der Waals surface area contributed by atoms with E-state index in [2.05, 4.69) is 147 Å². The highest BCUT2D eigenvalue weighted by Crippen LogP contribution is 2.14. The molecule has 0 aromatic carbocycles. The van der Waals surface area contributed by atoms with E-state index in [1.165, 1.54) is 166 Å². The van der Waals surface area contributed by atoms with Crippen LogP contribution in [0.25, 0.3) is 0 Å². The Morgan fingerprint density at radius 2 is 0.744 bits per heavy atom. The average molecular weight is 1210 g/mol. The molecule has 3 unspecified atom stereocenters. The molecule has 0 spiro atoms. The Morgan fingerprint density at radius 1 is 0.354 bits per heavy atom. The monoisotopic (exact) mass is 1210 g/mol. The Bertz CT molecular complexity index is 1240. The molecule has 0 aromatic rings. The summed E-state index contributed by atoms with van der Waals surface area (Å²) in [5, 5.41) is 0. The molecule has 11 aliphatic rings. The van der Waals surface area contributed by atoms with Gasteiger partial charge < -0.3 is 47.7 Å². The van der Waals surface area contributed by atoms with Gasteiger partial charge in [-0.2, -0.15) is 0 Å². The van der Waals surface area contributed by atoms with Crippen LogP contribution in [0.2, 0.25) is 0 Å². The van der Waals surface area contributed by atoms with Crippen LogP contribution in [0.1, 0.15) is 118 Å². The molecule has 11 heterocycles. The van der Waals surface area contributed by atoms with Crippen LogP contribution in [-0.2, 0) is 37.9 Å². The van der Waals surface area contributed by atoms with E-state index in [4.69, 9.17) is 37.9 Å². The van der Waals surface area contributed by atoms with Gasteiger partial charge in [-0.15, -0.1) is 23.5 Å². The molecule has 82 heavy (non-hydrogen) atoms. The molecule has 3 atom stereocenters. The minimum Gasteiger partial charge on any atom is -0.366 e. The summed E-state index contributed by atoms with van der Waals surface area (Å²) in [7, 11) is 23.1. The van der Waals surface area contributed by atoms with E-state index in [0.29, 0.717) is 44.5 Å². The Balaban J connectivity index is 0.000000452. The molecule has 11 saturated heterocycles. The van der Waals surface area contributed by atoms with Crippen molar-refractivity contribution in [3.05, 3.63) is 0 Å². The molecule has 0 bridgehead atoms. The van der Waals surface area contributed by atoms with E-state index in [0.717, 1.165) is 86.3 Å². The van der Waals surface area contributed by atoms with E-state index in [1.54, 1.807) is 0 Å². The summed E-state index contributed by atoms with van der Waals surface area (Å²) in [6.45, 7) is 33.0. The molecular weight excluding hydrogens is 1080 g/mol. The lowest BCUT2D eigenvalue weighted by Gasteiger charge is -2.21. The third-order valence-corrected chi connectivity index (χ3v) is 16.9. The van der Waals surface area contributed by atoms with Gasteiger partial charge in [-0.3, -0.25) is 44.1 Å². The number of rotatable bonds is 2. The van der Waals surface area contributed by atoms with E-state index in [-0.39, 0.29) is 0 Å². The summed E-state index contributed by atoms with van der Waals surface area (Å²) in [5.74, 6) is 5.87. The van der Waals surface area contributed by atoms with Crippen molar-refractivity contribution in [3.63, 3.8) is 0 Å². The molecule has 19 nitrogen and oxygen atoms in total. The molecule has 11 aliphatic heterocycles. The fraction of sp³-hybridized carbons (Fsp3) is 1.00. The lowest BCUT2D eigenvalue weighted by molar-refractivity contribution is -0.174. The smallest absolute Gasteiger partial charge is 0.150 e. The molecule has 0 aromatic heterocycles. The standard InChI is InChI=1S/2C7H15NO.2C6H13NO.C6H13NS.2C5H11NO.C5H11NS.2C5H11N.C4H9NO2/c1-6(2)7-4-8(3)5-9-7;1-8-5-3-2-4-6-9-7-8;1-7-4-2-3-5-8-6-7;1-3-6-4-7(2)5-8-6;1-7-4-2-3-5-8-6-7;1-5-3-6(2)4-7-5;2*1-6-3-2-4-7-5-6;2*1-6-4-2-3-5-6;1-5-2-6-4-7-3-5/h6-7H,4-5H2,1-3H3;2-7H2,1H3;2-6H2,1H3;6H,3-5H2,1-2H3;2-6H2,1H3;5H,3-4H2,1-2H3;2*2-5H2,1H3;2*2-5H2,1H3;2-4H2,1H3. The first-order chi connectivity index (χ1) is 39.5. The van der Waals surface area contributed by atoms with Crippen molar-refractivity contribution >= 4 is 23.5 Å². The van der Waals surface area contributed by atoms with Crippen LogP contribution in [0.15, 0.2) is 0 Å². The first kappa shape index (κ1) is 80.0. The van der Waals surface area contributed by atoms with Crippen LogP contribution >= 0.6 is 23.5 Å². The zero-order valence-corrected chi connectivity index (χ0v) is 57.6. The van der Waals surface area contributed by atoms with E-state index >= 15 is 0 Å². The summed E-state index contributed by atoms with van der Waals surface area (Å²) < 4.78 is 41.4. The molecule has 0 amide bonds. The van der Waals surface area contributed by atoms with Gasteiger partial charge in [0.25, 0.3) is 0 Å². The van der Waals surface area contributed by atoms with E-state index in [1.807, 2.05) is 35.5 Å². The lowest BCUT2D eigenvalue weighted by atomic mass is 10.1. The van der Waals surface area contributed by atoms with Crippen molar-refractivity contribution in [2.75, 3.05) is 260 Å². The van der Waals surface area contributed by atoms with Crippen LogP contribution in [0, 0.1) is 5.92 Å². The fourth-order valence-electron chi connectivity index (χ4n) is 9.24. The maximum absolute atomic E-state index is 5.45. The summed E-state index contributed by atoms with van der Waals surface area (Å²) in [6, 6.07) is 0. The highest BCUT2D eigenvalue weighted by Gasteiger charge is 2.22. The van der Waals surface area contributed by atoms with Gasteiger partial charge in [0.2, 0.25) is 0 Å². The summed E-state index contributed by atoms with van der Waals surface area (Å²) in [4.78, 5) is 24.6. The van der Waals surface area contributed by atoms with E-state index in [9.17, 15) is 0 Å². The molecule has 11 rings (SSSR count). The predicted molar refractivity (Wildman–Crippen MR) is 348 cm³/mol. The number of ether oxygens (including phenoxy) is 8. The molecular formula is C61H133N11O8S2. The van der Waals surface area contributed by atoms with Crippen molar-refractivity contribution in [3.8, 4) is 0 Å². The van der Waals surface area contributed by atoms with Crippen LogP contribution in [0.4, 0.5) is 0 Å². The van der Waals surface area contributed by atoms with Crippen molar-refractivity contribution in [1.29, 1.82) is 0 Å². The number of likely N-dealkylation sites (tertiary alicyclic amines) is 2. The normalized spacial score (nSPS) is 27.1. The van der Waals surface area contributed by atoms with Crippen LogP contribution in [0.3, 0.4) is 0 Å². The third kappa shape index (κ3) is 50.9. The molecule has 0 N–H and O–H groups in total. The van der Waals surface area contributed by atoms with E-state index < -0.39 is 0 Å². The maximum Gasteiger partial charge on any atom is 0.150 e. The number of likely N-dealkylation sites (N-methyl/N-ethyl adjacent to an activating group) is 3. The van der Waals surface area contributed by atoms with Crippen LogP contribution < -0.4 is 0 Å². The Hall–Kier alpha value is -0.0600. The highest BCUT2D eigenvalue weighted by molar-refractivity contribution is 7.99.